The van der Waals surface area contributed by atoms with Gasteiger partial charge in [-0.05, 0) is 25.7 Å². The maximum absolute atomic E-state index is 13.1. The number of phosphoric acid groups is 2. The number of ether oxygens (including phenoxy) is 4. The predicted molar refractivity (Wildman–Crippen MR) is 386 cm³/mol. The Labute approximate surface area is 581 Å². The van der Waals surface area contributed by atoms with Gasteiger partial charge in [0.1, 0.15) is 19.3 Å². The van der Waals surface area contributed by atoms with E-state index in [9.17, 15) is 43.2 Å². The molecule has 564 valence electrons. The van der Waals surface area contributed by atoms with Crippen LogP contribution in [-0.4, -0.2) is 96.7 Å². The molecule has 2 unspecified atom stereocenters. The molecule has 0 saturated carbocycles. The van der Waals surface area contributed by atoms with E-state index in [1.165, 1.54) is 225 Å². The fraction of sp³-hybridized carbons (Fsp3) is 0.947. The number of aliphatic hydroxyl groups excluding tert-OH is 1. The summed E-state index contributed by atoms with van der Waals surface area (Å²) in [6.45, 7) is 4.95. The SMILES string of the molecule is CCCCCCCCCCCCCCCCCCCCCCC(=O)O[C@H](COC(=O)CCCCCCCCCCCCCCCCC)COP(=O)(O)OC[C@@H](O)COP(=O)(O)OC[C@@H](COC(=O)CCCCCCCCC)OC(=O)CCCCCCCCCCCCCCC. The summed E-state index contributed by atoms with van der Waals surface area (Å²) in [6, 6.07) is 0. The molecule has 17 nitrogen and oxygen atoms in total. The average Bonchev–Trinajstić information content (AvgIpc) is 3.77. The van der Waals surface area contributed by atoms with E-state index in [1.807, 2.05) is 0 Å². The van der Waals surface area contributed by atoms with Gasteiger partial charge in [-0.3, -0.25) is 37.3 Å². The third-order valence-corrected chi connectivity index (χ3v) is 19.8. The van der Waals surface area contributed by atoms with Crippen molar-refractivity contribution in [2.75, 3.05) is 39.6 Å². The largest absolute Gasteiger partial charge is 0.472 e. The molecule has 0 aliphatic carbocycles. The fourth-order valence-corrected chi connectivity index (χ4v) is 13.3. The number of aliphatic hydroxyl groups is 1. The molecule has 5 atom stereocenters. The summed E-state index contributed by atoms with van der Waals surface area (Å²) in [5.41, 5.74) is 0. The second-order valence-electron chi connectivity index (χ2n) is 27.4. The number of carbonyl (C=O) groups excluding carboxylic acids is 4. The van der Waals surface area contributed by atoms with Gasteiger partial charge < -0.3 is 33.8 Å². The number of hydrogen-bond donors (Lipinski definition) is 3. The summed E-state index contributed by atoms with van der Waals surface area (Å²) < 4.78 is 68.4. The Morgan fingerprint density at radius 2 is 0.421 bits per heavy atom. The summed E-state index contributed by atoms with van der Waals surface area (Å²) in [6.07, 6.45) is 61.2. The van der Waals surface area contributed by atoms with Crippen LogP contribution in [0.3, 0.4) is 0 Å². The number of carbonyl (C=O) groups is 4. The van der Waals surface area contributed by atoms with E-state index in [0.29, 0.717) is 25.7 Å². The van der Waals surface area contributed by atoms with E-state index in [4.69, 9.17) is 37.0 Å². The molecule has 0 rings (SSSR count). The van der Waals surface area contributed by atoms with Crippen molar-refractivity contribution in [3.8, 4) is 0 Å². The number of hydrogen-bond acceptors (Lipinski definition) is 15. The van der Waals surface area contributed by atoms with Gasteiger partial charge in [0.2, 0.25) is 0 Å². The molecule has 0 aromatic carbocycles. The third-order valence-electron chi connectivity index (χ3n) is 17.9. The standard InChI is InChI=1S/C76H148O17P2/c1-5-9-13-17-21-24-27-30-32-33-34-35-36-38-41-44-47-51-55-59-63-76(81)93-72(67-87-74(79)61-57-53-49-45-42-40-37-31-28-25-22-18-14-10-6-2)69-91-95(84,85)89-65-70(77)64-88-94(82,83)90-68-71(66-86-73(78)60-56-52-48-20-16-12-8-4)92-75(80)62-58-54-50-46-43-39-29-26-23-19-15-11-7-3/h70-72,77H,5-69H2,1-4H3,(H,82,83)(H,84,85)/t70-,71+,72+/m0/s1. The highest BCUT2D eigenvalue weighted by Gasteiger charge is 2.30. The van der Waals surface area contributed by atoms with Crippen LogP contribution in [0.25, 0.3) is 0 Å². The molecule has 0 aromatic heterocycles. The van der Waals surface area contributed by atoms with E-state index in [0.717, 1.165) is 103 Å². The van der Waals surface area contributed by atoms with Gasteiger partial charge in [0.05, 0.1) is 26.4 Å². The number of unbranched alkanes of at least 4 members (excludes halogenated alkanes) is 51. The first-order valence-corrected chi connectivity index (χ1v) is 42.8. The maximum Gasteiger partial charge on any atom is 0.472 e. The van der Waals surface area contributed by atoms with Crippen LogP contribution >= 0.6 is 15.6 Å². The molecule has 0 bridgehead atoms. The summed E-state index contributed by atoms with van der Waals surface area (Å²) in [5, 5.41) is 10.6. The van der Waals surface area contributed by atoms with Crippen molar-refractivity contribution in [1.82, 2.24) is 0 Å². The van der Waals surface area contributed by atoms with Gasteiger partial charge in [0, 0.05) is 25.7 Å². The molecule has 0 saturated heterocycles. The molecule has 0 aliphatic rings. The van der Waals surface area contributed by atoms with Crippen molar-refractivity contribution < 1.29 is 80.2 Å². The van der Waals surface area contributed by atoms with Gasteiger partial charge in [-0.25, -0.2) is 9.13 Å². The molecule has 3 N–H and O–H groups in total. The molecule has 0 heterocycles. The lowest BCUT2D eigenvalue weighted by atomic mass is 10.0. The lowest BCUT2D eigenvalue weighted by Gasteiger charge is -2.21. The minimum Gasteiger partial charge on any atom is -0.462 e. The Kier molecular flexibility index (Phi) is 69.1. The van der Waals surface area contributed by atoms with Crippen molar-refractivity contribution in [2.24, 2.45) is 0 Å². The maximum atomic E-state index is 13.1. The molecule has 0 aromatic rings. The number of esters is 4. The lowest BCUT2D eigenvalue weighted by Crippen LogP contribution is -2.30. The average molecular weight is 1400 g/mol. The summed E-state index contributed by atoms with van der Waals surface area (Å²) >= 11 is 0. The lowest BCUT2D eigenvalue weighted by molar-refractivity contribution is -0.161. The van der Waals surface area contributed by atoms with E-state index >= 15 is 0 Å². The minimum atomic E-state index is -4.96. The molecular weight excluding hydrogens is 1250 g/mol. The van der Waals surface area contributed by atoms with Crippen molar-refractivity contribution in [3.05, 3.63) is 0 Å². The first-order valence-electron chi connectivity index (χ1n) is 39.8. The van der Waals surface area contributed by atoms with E-state index in [2.05, 4.69) is 27.7 Å². The Morgan fingerprint density at radius 3 is 0.621 bits per heavy atom. The predicted octanol–water partition coefficient (Wildman–Crippen LogP) is 22.6. The highest BCUT2D eigenvalue weighted by atomic mass is 31.2. The number of rotatable bonds is 77. The summed E-state index contributed by atoms with van der Waals surface area (Å²) in [7, 11) is -9.90. The van der Waals surface area contributed by atoms with E-state index < -0.39 is 97.5 Å². The smallest absolute Gasteiger partial charge is 0.462 e. The zero-order valence-electron chi connectivity index (χ0n) is 61.6. The Hall–Kier alpha value is -1.94. The second kappa shape index (κ2) is 70.5. The van der Waals surface area contributed by atoms with E-state index in [1.54, 1.807) is 0 Å². The van der Waals surface area contributed by atoms with E-state index in [-0.39, 0.29) is 25.7 Å². The van der Waals surface area contributed by atoms with Crippen LogP contribution in [0.1, 0.15) is 407 Å². The first-order chi connectivity index (χ1) is 46.2. The van der Waals surface area contributed by atoms with Crippen LogP contribution in [0.5, 0.6) is 0 Å². The highest BCUT2D eigenvalue weighted by Crippen LogP contribution is 2.45. The molecular formula is C76H148O17P2. The van der Waals surface area contributed by atoms with Gasteiger partial charge in [-0.1, -0.05) is 355 Å². The monoisotopic (exact) mass is 1400 g/mol. The Bertz CT molecular complexity index is 1810. The first kappa shape index (κ1) is 93.1. The van der Waals surface area contributed by atoms with Crippen LogP contribution in [0, 0.1) is 0 Å². The molecule has 0 amide bonds. The molecule has 0 spiro atoms. The van der Waals surface area contributed by atoms with Crippen molar-refractivity contribution in [3.63, 3.8) is 0 Å². The highest BCUT2D eigenvalue weighted by molar-refractivity contribution is 7.47. The molecule has 0 fully saturated rings. The van der Waals surface area contributed by atoms with Crippen molar-refractivity contribution in [1.29, 1.82) is 0 Å². The van der Waals surface area contributed by atoms with Crippen molar-refractivity contribution >= 4 is 39.5 Å². The van der Waals surface area contributed by atoms with Crippen LogP contribution in [0.2, 0.25) is 0 Å². The second-order valence-corrected chi connectivity index (χ2v) is 30.3. The van der Waals surface area contributed by atoms with Gasteiger partial charge in [-0.15, -0.1) is 0 Å². The molecule has 0 radical (unpaired) electrons. The molecule has 19 heteroatoms. The third kappa shape index (κ3) is 70.3. The van der Waals surface area contributed by atoms with Crippen LogP contribution in [0.15, 0.2) is 0 Å². The quantitative estimate of drug-likeness (QED) is 0.0222. The zero-order valence-corrected chi connectivity index (χ0v) is 63.4. The minimum absolute atomic E-state index is 0.108. The number of phosphoric ester groups is 2. The fourth-order valence-electron chi connectivity index (χ4n) is 11.8. The molecule has 95 heavy (non-hydrogen) atoms. The zero-order chi connectivity index (χ0) is 69.7. The summed E-state index contributed by atoms with van der Waals surface area (Å²) in [4.78, 5) is 72.7. The Balaban J connectivity index is 5.17. The van der Waals surface area contributed by atoms with Gasteiger partial charge in [-0.2, -0.15) is 0 Å². The molecule has 0 aliphatic heterocycles. The van der Waals surface area contributed by atoms with Crippen molar-refractivity contribution in [2.45, 2.75) is 425 Å². The van der Waals surface area contributed by atoms with Gasteiger partial charge in [0.15, 0.2) is 12.2 Å². The normalized spacial score (nSPS) is 13.9. The van der Waals surface area contributed by atoms with Gasteiger partial charge in [0.25, 0.3) is 0 Å². The van der Waals surface area contributed by atoms with Gasteiger partial charge >= 0.3 is 39.5 Å². The van der Waals surface area contributed by atoms with Crippen LogP contribution in [0.4, 0.5) is 0 Å². The summed E-state index contributed by atoms with van der Waals surface area (Å²) in [5.74, 6) is -2.12. The van der Waals surface area contributed by atoms with Crippen LogP contribution < -0.4 is 0 Å². The van der Waals surface area contributed by atoms with Crippen LogP contribution in [-0.2, 0) is 65.4 Å². The Morgan fingerprint density at radius 1 is 0.253 bits per heavy atom. The topological polar surface area (TPSA) is 237 Å².